The summed E-state index contributed by atoms with van der Waals surface area (Å²) in [7, 11) is -3.80. The van der Waals surface area contributed by atoms with E-state index in [1.165, 1.54) is 0 Å². The Kier molecular flexibility index (Phi) is 6.84. The minimum absolute atomic E-state index is 0.144. The van der Waals surface area contributed by atoms with Gasteiger partial charge in [-0.25, -0.2) is 13.4 Å². The van der Waals surface area contributed by atoms with Gasteiger partial charge in [-0.2, -0.15) is 4.31 Å². The van der Waals surface area contributed by atoms with E-state index in [1.807, 2.05) is 19.9 Å². The maximum atomic E-state index is 13.0. The largest absolute Gasteiger partial charge is 0.465 e. The SMILES string of the molecule is CCCN(CC(=O)OCC)S(=O)(=O)c1ccc(Cc2nccc3[nH]c(C)nc23)cc1. The van der Waals surface area contributed by atoms with Crippen LogP contribution in [0.4, 0.5) is 0 Å². The third kappa shape index (κ3) is 4.85. The van der Waals surface area contributed by atoms with E-state index >= 15 is 0 Å². The molecule has 8 nitrogen and oxygen atoms in total. The highest BCUT2D eigenvalue weighted by Crippen LogP contribution is 2.21. The average molecular weight is 431 g/mol. The lowest BCUT2D eigenvalue weighted by atomic mass is 10.1. The van der Waals surface area contributed by atoms with Gasteiger partial charge in [0.2, 0.25) is 10.0 Å². The van der Waals surface area contributed by atoms with Crippen LogP contribution in [-0.2, 0) is 26.0 Å². The molecule has 0 unspecified atom stereocenters. The number of aryl methyl sites for hydroxylation is 1. The number of aromatic amines is 1. The van der Waals surface area contributed by atoms with Gasteiger partial charge >= 0.3 is 5.97 Å². The van der Waals surface area contributed by atoms with Crippen LogP contribution in [-0.4, -0.2) is 53.3 Å². The number of aromatic nitrogens is 3. The molecule has 1 N–H and O–H groups in total. The number of sulfonamides is 1. The van der Waals surface area contributed by atoms with Crippen molar-refractivity contribution in [2.45, 2.75) is 38.5 Å². The number of rotatable bonds is 9. The molecule has 3 rings (SSSR count). The molecule has 2 heterocycles. The molecule has 0 aliphatic carbocycles. The van der Waals surface area contributed by atoms with Crippen LogP contribution >= 0.6 is 0 Å². The number of imidazole rings is 1. The second kappa shape index (κ2) is 9.36. The summed E-state index contributed by atoms with van der Waals surface area (Å²) in [4.78, 5) is 24.1. The number of nitrogens with one attached hydrogen (secondary N) is 1. The van der Waals surface area contributed by atoms with E-state index in [1.54, 1.807) is 37.4 Å². The molecule has 0 spiro atoms. The number of carbonyl (C=O) groups is 1. The fourth-order valence-corrected chi connectivity index (χ4v) is 4.73. The van der Waals surface area contributed by atoms with Crippen molar-refractivity contribution in [1.82, 2.24) is 19.3 Å². The van der Waals surface area contributed by atoms with E-state index in [4.69, 9.17) is 4.74 Å². The molecular weight excluding hydrogens is 404 g/mol. The lowest BCUT2D eigenvalue weighted by Gasteiger charge is -2.20. The number of hydrogen-bond donors (Lipinski definition) is 1. The minimum Gasteiger partial charge on any atom is -0.465 e. The fourth-order valence-electron chi connectivity index (χ4n) is 3.25. The maximum absolute atomic E-state index is 13.0. The molecule has 30 heavy (non-hydrogen) atoms. The van der Waals surface area contributed by atoms with Crippen molar-refractivity contribution in [2.75, 3.05) is 19.7 Å². The fraction of sp³-hybridized carbons (Fsp3) is 0.381. The molecule has 0 bridgehead atoms. The van der Waals surface area contributed by atoms with Crippen molar-refractivity contribution in [3.05, 3.63) is 53.6 Å². The van der Waals surface area contributed by atoms with Crippen molar-refractivity contribution in [1.29, 1.82) is 0 Å². The number of nitrogens with zero attached hydrogens (tertiary/aromatic N) is 3. The third-order valence-corrected chi connectivity index (χ3v) is 6.47. The van der Waals surface area contributed by atoms with Gasteiger partial charge in [0.15, 0.2) is 0 Å². The highest BCUT2D eigenvalue weighted by atomic mass is 32.2. The Bertz CT molecular complexity index is 1120. The van der Waals surface area contributed by atoms with E-state index in [2.05, 4.69) is 15.0 Å². The summed E-state index contributed by atoms with van der Waals surface area (Å²) in [6.07, 6.45) is 2.85. The van der Waals surface area contributed by atoms with Crippen molar-refractivity contribution < 1.29 is 17.9 Å². The van der Waals surface area contributed by atoms with Crippen LogP contribution < -0.4 is 0 Å². The van der Waals surface area contributed by atoms with Crippen LogP contribution in [0.3, 0.4) is 0 Å². The Balaban J connectivity index is 1.81. The van der Waals surface area contributed by atoms with Crippen molar-refractivity contribution in [3.63, 3.8) is 0 Å². The molecule has 0 fully saturated rings. The second-order valence-corrected chi connectivity index (χ2v) is 8.88. The average Bonchev–Trinajstić information content (AvgIpc) is 3.09. The molecule has 0 aliphatic rings. The second-order valence-electron chi connectivity index (χ2n) is 6.94. The van der Waals surface area contributed by atoms with E-state index in [0.717, 1.165) is 32.4 Å². The molecule has 9 heteroatoms. The molecule has 2 aromatic heterocycles. The van der Waals surface area contributed by atoms with Gasteiger partial charge in [0.05, 0.1) is 22.7 Å². The Hall–Kier alpha value is -2.78. The van der Waals surface area contributed by atoms with E-state index in [0.29, 0.717) is 12.8 Å². The van der Waals surface area contributed by atoms with E-state index in [-0.39, 0.29) is 24.6 Å². The predicted octanol–water partition coefficient (Wildman–Crippen LogP) is 2.82. The zero-order chi connectivity index (χ0) is 21.7. The lowest BCUT2D eigenvalue weighted by Crippen LogP contribution is -2.37. The standard InChI is InChI=1S/C21H26N4O4S/c1-4-12-25(14-20(26)29-5-2)30(27,28)17-8-6-16(7-9-17)13-19-21-18(10-11-22-19)23-15(3)24-21/h6-11H,4-5,12-14H2,1-3H3,(H,23,24). The van der Waals surface area contributed by atoms with Crippen LogP contribution in [0, 0.1) is 6.92 Å². The Morgan fingerprint density at radius 1 is 1.17 bits per heavy atom. The number of benzene rings is 1. The topological polar surface area (TPSA) is 105 Å². The van der Waals surface area contributed by atoms with Gasteiger partial charge in [-0.1, -0.05) is 19.1 Å². The van der Waals surface area contributed by atoms with Crippen molar-refractivity contribution in [3.8, 4) is 0 Å². The number of hydrogen-bond acceptors (Lipinski definition) is 6. The summed E-state index contributed by atoms with van der Waals surface area (Å²) in [5.74, 6) is 0.262. The van der Waals surface area contributed by atoms with Gasteiger partial charge in [0, 0.05) is 19.2 Å². The summed E-state index contributed by atoms with van der Waals surface area (Å²) in [5, 5.41) is 0. The first-order valence-corrected chi connectivity index (χ1v) is 11.3. The van der Waals surface area contributed by atoms with Crippen molar-refractivity contribution in [2.24, 2.45) is 0 Å². The van der Waals surface area contributed by atoms with Gasteiger partial charge in [-0.05, 0) is 44.0 Å². The van der Waals surface area contributed by atoms with E-state index in [9.17, 15) is 13.2 Å². The number of ether oxygens (including phenoxy) is 1. The van der Waals surface area contributed by atoms with Gasteiger partial charge in [-0.3, -0.25) is 9.78 Å². The van der Waals surface area contributed by atoms with Crippen LogP contribution in [0.1, 0.15) is 37.4 Å². The van der Waals surface area contributed by atoms with Crippen LogP contribution in [0.15, 0.2) is 41.4 Å². The third-order valence-electron chi connectivity index (χ3n) is 4.61. The molecule has 0 atom stereocenters. The number of H-pyrrole nitrogens is 1. The molecule has 0 aliphatic heterocycles. The van der Waals surface area contributed by atoms with Gasteiger partial charge in [0.1, 0.15) is 17.9 Å². The first-order chi connectivity index (χ1) is 14.3. The molecule has 0 saturated carbocycles. The first-order valence-electron chi connectivity index (χ1n) is 9.90. The summed E-state index contributed by atoms with van der Waals surface area (Å²) in [5.41, 5.74) is 3.48. The zero-order valence-corrected chi connectivity index (χ0v) is 18.2. The summed E-state index contributed by atoms with van der Waals surface area (Å²) in [6, 6.07) is 8.53. The summed E-state index contributed by atoms with van der Waals surface area (Å²) >= 11 is 0. The maximum Gasteiger partial charge on any atom is 0.321 e. The van der Waals surface area contributed by atoms with Crippen LogP contribution in [0.2, 0.25) is 0 Å². The molecule has 3 aromatic rings. The normalized spacial score (nSPS) is 11.9. The van der Waals surface area contributed by atoms with Crippen LogP contribution in [0.5, 0.6) is 0 Å². The number of fused-ring (bicyclic) bond motifs is 1. The van der Waals surface area contributed by atoms with Crippen LogP contribution in [0.25, 0.3) is 11.0 Å². The number of pyridine rings is 1. The Morgan fingerprint density at radius 3 is 2.57 bits per heavy atom. The van der Waals surface area contributed by atoms with Gasteiger partial charge < -0.3 is 9.72 Å². The smallest absolute Gasteiger partial charge is 0.321 e. The predicted molar refractivity (Wildman–Crippen MR) is 114 cm³/mol. The van der Waals surface area contributed by atoms with Gasteiger partial charge in [-0.15, -0.1) is 0 Å². The quantitative estimate of drug-likeness (QED) is 0.523. The molecule has 0 amide bonds. The Morgan fingerprint density at radius 2 is 1.90 bits per heavy atom. The number of esters is 1. The molecule has 160 valence electrons. The highest BCUT2D eigenvalue weighted by molar-refractivity contribution is 7.89. The highest BCUT2D eigenvalue weighted by Gasteiger charge is 2.26. The first kappa shape index (κ1) is 21.9. The molecular formula is C21H26N4O4S. The van der Waals surface area contributed by atoms with Crippen molar-refractivity contribution >= 4 is 27.0 Å². The minimum atomic E-state index is -3.80. The molecule has 0 radical (unpaired) electrons. The summed E-state index contributed by atoms with van der Waals surface area (Å²) < 4.78 is 32.1. The van der Waals surface area contributed by atoms with E-state index < -0.39 is 16.0 Å². The number of carbonyl (C=O) groups excluding carboxylic acids is 1. The monoisotopic (exact) mass is 430 g/mol. The zero-order valence-electron chi connectivity index (χ0n) is 17.4. The Labute approximate surface area is 176 Å². The molecule has 0 saturated heterocycles. The molecule has 1 aromatic carbocycles. The summed E-state index contributed by atoms with van der Waals surface area (Å²) in [6.45, 7) is 5.60. The lowest BCUT2D eigenvalue weighted by molar-refractivity contribution is -0.143. The van der Waals surface area contributed by atoms with Gasteiger partial charge in [0.25, 0.3) is 0 Å².